The van der Waals surface area contributed by atoms with Gasteiger partial charge >= 0.3 is 5.97 Å². The molecule has 1 atom stereocenters. The molecule has 0 aromatic carbocycles. The van der Waals surface area contributed by atoms with Gasteiger partial charge in [-0.2, -0.15) is 0 Å². The number of aliphatic carboxylic acids is 1. The van der Waals surface area contributed by atoms with Crippen molar-refractivity contribution in [2.75, 3.05) is 5.32 Å². The normalized spacial score (nSPS) is 12.5. The molecule has 0 aliphatic heterocycles. The summed E-state index contributed by atoms with van der Waals surface area (Å²) in [5.74, 6) is 0.0158. The van der Waals surface area contributed by atoms with Crippen LogP contribution in [0.15, 0.2) is 12.4 Å². The molecule has 1 aromatic heterocycles. The summed E-state index contributed by atoms with van der Waals surface area (Å²) in [5, 5.41) is 11.9. The van der Waals surface area contributed by atoms with E-state index in [4.69, 9.17) is 5.11 Å². The lowest BCUT2D eigenvalue weighted by Gasteiger charge is -2.16. The fraction of sp³-hybridized carbons (Fsp3) is 0.545. The zero-order valence-corrected chi connectivity index (χ0v) is 9.77. The van der Waals surface area contributed by atoms with Crippen molar-refractivity contribution in [1.29, 1.82) is 0 Å². The van der Waals surface area contributed by atoms with Gasteiger partial charge in [0.15, 0.2) is 0 Å². The van der Waals surface area contributed by atoms with Crippen molar-refractivity contribution in [1.82, 2.24) is 9.97 Å². The van der Waals surface area contributed by atoms with Gasteiger partial charge in [-0.1, -0.05) is 13.8 Å². The monoisotopic (exact) mass is 223 g/mol. The van der Waals surface area contributed by atoms with E-state index in [1.165, 1.54) is 6.33 Å². The SMILES string of the molecule is Cc1cc(N[C@@H](CC(C)C)C(=O)O)ncn1. The van der Waals surface area contributed by atoms with Crippen molar-refractivity contribution in [2.24, 2.45) is 5.92 Å². The average Bonchev–Trinajstić information content (AvgIpc) is 2.15. The molecule has 0 bridgehead atoms. The summed E-state index contributed by atoms with van der Waals surface area (Å²) in [6.07, 6.45) is 1.99. The Bertz CT molecular complexity index is 366. The fourth-order valence-corrected chi connectivity index (χ4v) is 1.40. The Balaban J connectivity index is 2.71. The minimum Gasteiger partial charge on any atom is -0.480 e. The quantitative estimate of drug-likeness (QED) is 0.794. The van der Waals surface area contributed by atoms with Crippen LogP contribution in [0.3, 0.4) is 0 Å². The van der Waals surface area contributed by atoms with Crippen LogP contribution in [-0.2, 0) is 4.79 Å². The molecule has 5 heteroatoms. The highest BCUT2D eigenvalue weighted by molar-refractivity contribution is 5.76. The van der Waals surface area contributed by atoms with Gasteiger partial charge in [-0.05, 0) is 19.3 Å². The topological polar surface area (TPSA) is 75.1 Å². The molecular formula is C11H17N3O2. The van der Waals surface area contributed by atoms with E-state index in [1.807, 2.05) is 20.8 Å². The predicted molar refractivity (Wildman–Crippen MR) is 61.3 cm³/mol. The van der Waals surface area contributed by atoms with Gasteiger partial charge < -0.3 is 10.4 Å². The standard InChI is InChI=1S/C11H17N3O2/c1-7(2)4-9(11(15)16)14-10-5-8(3)12-6-13-10/h5-7,9H,4H2,1-3H3,(H,15,16)(H,12,13,14)/t9-/m0/s1. The number of aryl methyl sites for hydroxylation is 1. The maximum absolute atomic E-state index is 11.0. The van der Waals surface area contributed by atoms with E-state index in [9.17, 15) is 4.79 Å². The van der Waals surface area contributed by atoms with Crippen LogP contribution in [0, 0.1) is 12.8 Å². The van der Waals surface area contributed by atoms with E-state index in [-0.39, 0.29) is 0 Å². The summed E-state index contributed by atoms with van der Waals surface area (Å²) in [7, 11) is 0. The van der Waals surface area contributed by atoms with Crippen LogP contribution < -0.4 is 5.32 Å². The third-order valence-electron chi connectivity index (χ3n) is 2.13. The summed E-state index contributed by atoms with van der Waals surface area (Å²) < 4.78 is 0. The second-order valence-corrected chi connectivity index (χ2v) is 4.21. The first-order chi connectivity index (χ1) is 7.49. The number of carboxylic acids is 1. The molecule has 0 fully saturated rings. The summed E-state index contributed by atoms with van der Waals surface area (Å²) >= 11 is 0. The van der Waals surface area contributed by atoms with Gasteiger partial charge in [0.2, 0.25) is 0 Å². The largest absolute Gasteiger partial charge is 0.480 e. The van der Waals surface area contributed by atoms with Gasteiger partial charge in [0, 0.05) is 11.8 Å². The first-order valence-electron chi connectivity index (χ1n) is 5.27. The van der Waals surface area contributed by atoms with Crippen LogP contribution in [0.2, 0.25) is 0 Å². The molecule has 0 radical (unpaired) electrons. The summed E-state index contributed by atoms with van der Waals surface area (Å²) in [4.78, 5) is 19.0. The molecule has 0 aliphatic carbocycles. The Hall–Kier alpha value is -1.65. The molecule has 88 valence electrons. The molecule has 5 nitrogen and oxygen atoms in total. The highest BCUT2D eigenvalue weighted by Crippen LogP contribution is 2.11. The lowest BCUT2D eigenvalue weighted by molar-refractivity contribution is -0.138. The molecule has 0 saturated carbocycles. The number of rotatable bonds is 5. The van der Waals surface area contributed by atoms with Gasteiger partial charge in [-0.25, -0.2) is 14.8 Å². The average molecular weight is 223 g/mol. The Morgan fingerprint density at radius 2 is 2.19 bits per heavy atom. The molecule has 16 heavy (non-hydrogen) atoms. The third-order valence-corrected chi connectivity index (χ3v) is 2.13. The Labute approximate surface area is 94.9 Å². The molecule has 0 saturated heterocycles. The van der Waals surface area contributed by atoms with E-state index >= 15 is 0 Å². The number of hydrogen-bond donors (Lipinski definition) is 2. The molecular weight excluding hydrogens is 206 g/mol. The van der Waals surface area contributed by atoms with E-state index in [0.717, 1.165) is 5.69 Å². The van der Waals surface area contributed by atoms with Gasteiger partial charge in [0.1, 0.15) is 18.2 Å². The fourth-order valence-electron chi connectivity index (χ4n) is 1.40. The van der Waals surface area contributed by atoms with Crippen molar-refractivity contribution in [3.63, 3.8) is 0 Å². The van der Waals surface area contributed by atoms with Gasteiger partial charge in [-0.15, -0.1) is 0 Å². The molecule has 2 N–H and O–H groups in total. The molecule has 0 unspecified atom stereocenters. The van der Waals surface area contributed by atoms with Crippen LogP contribution in [0.25, 0.3) is 0 Å². The van der Waals surface area contributed by atoms with Crippen molar-refractivity contribution in [3.05, 3.63) is 18.1 Å². The van der Waals surface area contributed by atoms with E-state index in [0.29, 0.717) is 18.2 Å². The zero-order chi connectivity index (χ0) is 12.1. The summed E-state index contributed by atoms with van der Waals surface area (Å²) in [6.45, 7) is 5.82. The number of hydrogen-bond acceptors (Lipinski definition) is 4. The second-order valence-electron chi connectivity index (χ2n) is 4.21. The molecule has 0 aliphatic rings. The smallest absolute Gasteiger partial charge is 0.326 e. The second kappa shape index (κ2) is 5.44. The number of nitrogens with one attached hydrogen (secondary N) is 1. The third kappa shape index (κ3) is 3.84. The molecule has 1 rings (SSSR count). The van der Waals surface area contributed by atoms with Gasteiger partial charge in [-0.3, -0.25) is 0 Å². The zero-order valence-electron chi connectivity index (χ0n) is 9.77. The van der Waals surface area contributed by atoms with Crippen LogP contribution >= 0.6 is 0 Å². The maximum Gasteiger partial charge on any atom is 0.326 e. The number of aromatic nitrogens is 2. The molecule has 1 heterocycles. The number of carbonyl (C=O) groups is 1. The summed E-state index contributed by atoms with van der Waals surface area (Å²) in [5.41, 5.74) is 0.811. The van der Waals surface area contributed by atoms with Gasteiger partial charge in [0.25, 0.3) is 0 Å². The molecule has 0 spiro atoms. The van der Waals surface area contributed by atoms with Gasteiger partial charge in [0.05, 0.1) is 0 Å². The lowest BCUT2D eigenvalue weighted by Crippen LogP contribution is -2.31. The predicted octanol–water partition coefficient (Wildman–Crippen LogP) is 1.70. The van der Waals surface area contributed by atoms with Crippen molar-refractivity contribution >= 4 is 11.8 Å². The van der Waals surface area contributed by atoms with Crippen LogP contribution in [0.1, 0.15) is 26.0 Å². The van der Waals surface area contributed by atoms with Crippen LogP contribution in [0.4, 0.5) is 5.82 Å². The number of carboxylic acid groups (broad SMARTS) is 1. The number of anilines is 1. The molecule has 0 amide bonds. The van der Waals surface area contributed by atoms with Crippen molar-refractivity contribution in [3.8, 4) is 0 Å². The van der Waals surface area contributed by atoms with Crippen LogP contribution in [-0.4, -0.2) is 27.1 Å². The van der Waals surface area contributed by atoms with Crippen molar-refractivity contribution < 1.29 is 9.90 Å². The molecule has 1 aromatic rings. The first kappa shape index (κ1) is 12.4. The minimum atomic E-state index is -0.857. The first-order valence-corrected chi connectivity index (χ1v) is 5.27. The lowest BCUT2D eigenvalue weighted by atomic mass is 10.0. The Morgan fingerprint density at radius 1 is 1.50 bits per heavy atom. The number of nitrogens with zero attached hydrogens (tertiary/aromatic N) is 2. The summed E-state index contributed by atoms with van der Waals surface area (Å²) in [6, 6.07) is 1.13. The Morgan fingerprint density at radius 3 is 2.69 bits per heavy atom. The highest BCUT2D eigenvalue weighted by Gasteiger charge is 2.18. The minimum absolute atomic E-state index is 0.316. The van der Waals surface area contributed by atoms with E-state index in [1.54, 1.807) is 6.07 Å². The maximum atomic E-state index is 11.0. The van der Waals surface area contributed by atoms with E-state index in [2.05, 4.69) is 15.3 Å². The Kier molecular flexibility index (Phi) is 4.22. The van der Waals surface area contributed by atoms with Crippen LogP contribution in [0.5, 0.6) is 0 Å². The highest BCUT2D eigenvalue weighted by atomic mass is 16.4. The van der Waals surface area contributed by atoms with Crippen molar-refractivity contribution in [2.45, 2.75) is 33.2 Å². The van der Waals surface area contributed by atoms with E-state index < -0.39 is 12.0 Å².